The van der Waals surface area contributed by atoms with Crippen LogP contribution in [0, 0.1) is 5.82 Å². The van der Waals surface area contributed by atoms with Crippen molar-refractivity contribution < 1.29 is 17.6 Å². The van der Waals surface area contributed by atoms with E-state index < -0.39 is 21.6 Å². The van der Waals surface area contributed by atoms with Gasteiger partial charge in [-0.3, -0.25) is 4.79 Å². The first kappa shape index (κ1) is 13.7. The van der Waals surface area contributed by atoms with E-state index in [4.69, 9.17) is 0 Å². The van der Waals surface area contributed by atoms with E-state index in [0.717, 1.165) is 0 Å². The van der Waals surface area contributed by atoms with Gasteiger partial charge in [-0.15, -0.1) is 0 Å². The van der Waals surface area contributed by atoms with Gasteiger partial charge < -0.3 is 5.32 Å². The Morgan fingerprint density at radius 1 is 1.37 bits per heavy atom. The van der Waals surface area contributed by atoms with E-state index in [2.05, 4.69) is 5.32 Å². The van der Waals surface area contributed by atoms with Gasteiger partial charge >= 0.3 is 0 Å². The summed E-state index contributed by atoms with van der Waals surface area (Å²) in [7, 11) is -3.01. The zero-order valence-corrected chi connectivity index (χ0v) is 11.0. The second kappa shape index (κ2) is 5.52. The first-order chi connectivity index (χ1) is 8.96. The third-order valence-corrected chi connectivity index (χ3v) is 4.67. The maximum atomic E-state index is 13.3. The fourth-order valence-electron chi connectivity index (χ4n) is 1.93. The number of hydrogen-bond donors (Lipinski definition) is 1. The second-order valence-electron chi connectivity index (χ2n) is 4.46. The largest absolute Gasteiger partial charge is 0.349 e. The van der Waals surface area contributed by atoms with Crippen LogP contribution in [0.5, 0.6) is 0 Å². The van der Waals surface area contributed by atoms with Crippen LogP contribution in [0.3, 0.4) is 0 Å². The third-order valence-electron chi connectivity index (χ3n) is 2.90. The molecule has 1 aromatic rings. The van der Waals surface area contributed by atoms with E-state index in [1.807, 2.05) is 0 Å². The lowest BCUT2D eigenvalue weighted by Gasteiger charge is -2.07. The van der Waals surface area contributed by atoms with E-state index in [-0.39, 0.29) is 17.5 Å². The maximum Gasteiger partial charge on any atom is 0.244 e. The number of hydrogen-bond acceptors (Lipinski definition) is 3. The molecule has 1 heterocycles. The van der Waals surface area contributed by atoms with Crippen LogP contribution in [0.15, 0.2) is 30.3 Å². The van der Waals surface area contributed by atoms with E-state index in [0.29, 0.717) is 12.0 Å². The molecule has 102 valence electrons. The molecular formula is C13H14FNO3S. The van der Waals surface area contributed by atoms with Gasteiger partial charge in [0.1, 0.15) is 5.82 Å². The van der Waals surface area contributed by atoms with E-state index in [1.165, 1.54) is 18.2 Å². The Morgan fingerprint density at radius 2 is 2.11 bits per heavy atom. The third kappa shape index (κ3) is 3.89. The van der Waals surface area contributed by atoms with Crippen molar-refractivity contribution in [1.29, 1.82) is 0 Å². The summed E-state index contributed by atoms with van der Waals surface area (Å²) in [6.07, 6.45) is 3.01. The maximum absolute atomic E-state index is 13.3. The Labute approximate surface area is 111 Å². The molecule has 1 atom stereocenters. The highest BCUT2D eigenvalue weighted by Gasteiger charge is 2.28. The number of benzene rings is 1. The highest BCUT2D eigenvalue weighted by Crippen LogP contribution is 2.11. The minimum absolute atomic E-state index is 0.0215. The molecule has 1 unspecified atom stereocenters. The fourth-order valence-corrected chi connectivity index (χ4v) is 3.61. The molecule has 19 heavy (non-hydrogen) atoms. The van der Waals surface area contributed by atoms with Gasteiger partial charge in [0.25, 0.3) is 0 Å². The van der Waals surface area contributed by atoms with E-state index in [1.54, 1.807) is 18.2 Å². The van der Waals surface area contributed by atoms with Crippen molar-refractivity contribution in [2.45, 2.75) is 12.5 Å². The highest BCUT2D eigenvalue weighted by molar-refractivity contribution is 7.91. The Morgan fingerprint density at radius 3 is 2.74 bits per heavy atom. The molecule has 0 aromatic heterocycles. The van der Waals surface area contributed by atoms with Crippen molar-refractivity contribution >= 4 is 21.8 Å². The van der Waals surface area contributed by atoms with Gasteiger partial charge in [0.15, 0.2) is 9.84 Å². The van der Waals surface area contributed by atoms with Gasteiger partial charge in [0.2, 0.25) is 5.91 Å². The van der Waals surface area contributed by atoms with Crippen LogP contribution in [0.1, 0.15) is 12.0 Å². The van der Waals surface area contributed by atoms with Crippen molar-refractivity contribution in [3.63, 3.8) is 0 Å². The Hall–Kier alpha value is -1.69. The van der Waals surface area contributed by atoms with Gasteiger partial charge in [-0.05, 0) is 18.6 Å². The van der Waals surface area contributed by atoms with Crippen molar-refractivity contribution in [2.75, 3.05) is 11.5 Å². The number of amides is 1. The lowest BCUT2D eigenvalue weighted by molar-refractivity contribution is -0.116. The first-order valence-electron chi connectivity index (χ1n) is 5.90. The van der Waals surface area contributed by atoms with Crippen LogP contribution < -0.4 is 5.32 Å². The summed E-state index contributed by atoms with van der Waals surface area (Å²) in [5.41, 5.74) is 0.316. The standard InChI is InChI=1S/C13H14FNO3S/c14-12-4-2-1-3-10(12)5-6-13(16)15-11-7-8-19(17,18)9-11/h1-6,11H,7-9H2,(H,15,16)/b6-5+. The summed E-state index contributed by atoms with van der Waals surface area (Å²) in [5.74, 6) is -0.735. The van der Waals surface area contributed by atoms with Crippen molar-refractivity contribution in [1.82, 2.24) is 5.32 Å². The Kier molecular flexibility index (Phi) is 3.99. The molecule has 2 rings (SSSR count). The summed E-state index contributed by atoms with van der Waals surface area (Å²) in [6, 6.07) is 5.75. The van der Waals surface area contributed by atoms with Crippen LogP contribution in [0.2, 0.25) is 0 Å². The van der Waals surface area contributed by atoms with Crippen LogP contribution in [-0.4, -0.2) is 31.9 Å². The molecule has 1 saturated heterocycles. The van der Waals surface area contributed by atoms with Gasteiger partial charge in [0.05, 0.1) is 11.5 Å². The van der Waals surface area contributed by atoms with Gasteiger partial charge in [-0.2, -0.15) is 0 Å². The van der Waals surface area contributed by atoms with Crippen molar-refractivity contribution in [3.8, 4) is 0 Å². The number of sulfone groups is 1. The average molecular weight is 283 g/mol. The number of carbonyl (C=O) groups excluding carboxylic acids is 1. The van der Waals surface area contributed by atoms with Gasteiger partial charge in [-0.1, -0.05) is 18.2 Å². The predicted molar refractivity (Wildman–Crippen MR) is 70.6 cm³/mol. The summed E-state index contributed by atoms with van der Waals surface area (Å²) >= 11 is 0. The molecular weight excluding hydrogens is 269 g/mol. The van der Waals surface area contributed by atoms with E-state index >= 15 is 0 Å². The zero-order valence-electron chi connectivity index (χ0n) is 10.2. The minimum Gasteiger partial charge on any atom is -0.349 e. The quantitative estimate of drug-likeness (QED) is 0.846. The van der Waals surface area contributed by atoms with Gasteiger partial charge in [0, 0.05) is 17.7 Å². The molecule has 6 heteroatoms. The first-order valence-corrected chi connectivity index (χ1v) is 7.72. The molecule has 1 aliphatic rings. The van der Waals surface area contributed by atoms with Crippen LogP contribution in [0.25, 0.3) is 6.08 Å². The summed E-state index contributed by atoms with van der Waals surface area (Å²) in [6.45, 7) is 0. The van der Waals surface area contributed by atoms with E-state index in [9.17, 15) is 17.6 Å². The second-order valence-corrected chi connectivity index (χ2v) is 6.69. The van der Waals surface area contributed by atoms with Crippen molar-refractivity contribution in [3.05, 3.63) is 41.7 Å². The SMILES string of the molecule is O=C(/C=C/c1ccccc1F)NC1CCS(=O)(=O)C1. The number of halogens is 1. The topological polar surface area (TPSA) is 63.2 Å². The van der Waals surface area contributed by atoms with Crippen LogP contribution >= 0.6 is 0 Å². The average Bonchev–Trinajstić information content (AvgIpc) is 2.67. The summed E-state index contributed by atoms with van der Waals surface area (Å²) in [5, 5.41) is 2.60. The molecule has 1 N–H and O–H groups in total. The number of nitrogens with one attached hydrogen (secondary N) is 1. The van der Waals surface area contributed by atoms with Crippen LogP contribution in [0.4, 0.5) is 4.39 Å². The summed E-state index contributed by atoms with van der Waals surface area (Å²) in [4.78, 5) is 11.6. The molecule has 0 spiro atoms. The van der Waals surface area contributed by atoms with Crippen molar-refractivity contribution in [2.24, 2.45) is 0 Å². The monoisotopic (exact) mass is 283 g/mol. The molecule has 1 fully saturated rings. The molecule has 0 bridgehead atoms. The zero-order chi connectivity index (χ0) is 13.9. The minimum atomic E-state index is -3.01. The normalized spacial score (nSPS) is 21.6. The van der Waals surface area contributed by atoms with Crippen LogP contribution in [-0.2, 0) is 14.6 Å². The summed E-state index contributed by atoms with van der Waals surface area (Å²) < 4.78 is 35.7. The number of rotatable bonds is 3. The molecule has 4 nitrogen and oxygen atoms in total. The molecule has 1 aromatic carbocycles. The Balaban J connectivity index is 1.94. The number of carbonyl (C=O) groups is 1. The lowest BCUT2D eigenvalue weighted by atomic mass is 10.2. The highest BCUT2D eigenvalue weighted by atomic mass is 32.2. The molecule has 0 saturated carbocycles. The predicted octanol–water partition coefficient (Wildman–Crippen LogP) is 1.14. The molecule has 1 amide bonds. The van der Waals surface area contributed by atoms with Gasteiger partial charge in [-0.25, -0.2) is 12.8 Å². The molecule has 0 aliphatic carbocycles. The fraction of sp³-hybridized carbons (Fsp3) is 0.308. The molecule has 0 radical (unpaired) electrons. The Bertz CT molecular complexity index is 610. The molecule has 1 aliphatic heterocycles. The smallest absolute Gasteiger partial charge is 0.244 e. The lowest BCUT2D eigenvalue weighted by Crippen LogP contribution is -2.34.